The third-order valence-corrected chi connectivity index (χ3v) is 3.40. The number of rotatable bonds is 7. The molecule has 0 fully saturated rings. The lowest BCUT2D eigenvalue weighted by Gasteiger charge is -2.19. The molecule has 0 radical (unpaired) electrons. The van der Waals surface area contributed by atoms with Crippen LogP contribution in [0.4, 0.5) is 5.69 Å². The molecule has 1 aromatic carbocycles. The SMILES string of the molecule is CCNC(=O)CN(CC)CC(=O)Nc1ccc(I)cc1. The fourth-order valence-corrected chi connectivity index (χ4v) is 2.03. The molecule has 1 aromatic rings. The van der Waals surface area contributed by atoms with Crippen molar-refractivity contribution in [1.82, 2.24) is 10.2 Å². The Morgan fingerprint density at radius 1 is 1.10 bits per heavy atom. The summed E-state index contributed by atoms with van der Waals surface area (Å²) in [5, 5.41) is 5.55. The van der Waals surface area contributed by atoms with E-state index in [0.717, 1.165) is 9.26 Å². The van der Waals surface area contributed by atoms with Crippen LogP contribution in [0, 0.1) is 3.57 Å². The van der Waals surface area contributed by atoms with Gasteiger partial charge in [-0.05, 0) is 60.3 Å². The number of amides is 2. The fraction of sp³-hybridized carbons (Fsp3) is 0.429. The number of anilines is 1. The summed E-state index contributed by atoms with van der Waals surface area (Å²) in [4.78, 5) is 25.2. The van der Waals surface area contributed by atoms with Gasteiger partial charge in [0.05, 0.1) is 13.1 Å². The zero-order chi connectivity index (χ0) is 15.0. The Morgan fingerprint density at radius 3 is 2.25 bits per heavy atom. The number of halogens is 1. The number of carbonyl (C=O) groups is 2. The molecular formula is C14H20IN3O2. The largest absolute Gasteiger partial charge is 0.355 e. The van der Waals surface area contributed by atoms with Gasteiger partial charge in [-0.25, -0.2) is 0 Å². The highest BCUT2D eigenvalue weighted by Crippen LogP contribution is 2.10. The standard InChI is InChI=1S/C14H20IN3O2/c1-3-16-13(19)9-18(4-2)10-14(20)17-12-7-5-11(15)6-8-12/h5-8H,3-4,9-10H2,1-2H3,(H,16,19)(H,17,20). The molecule has 0 bridgehead atoms. The zero-order valence-corrected chi connectivity index (χ0v) is 13.9. The quantitative estimate of drug-likeness (QED) is 0.698. The van der Waals surface area contributed by atoms with Gasteiger partial charge in [0, 0.05) is 15.8 Å². The lowest BCUT2D eigenvalue weighted by Crippen LogP contribution is -2.40. The van der Waals surface area contributed by atoms with Crippen molar-refractivity contribution in [2.45, 2.75) is 13.8 Å². The van der Waals surface area contributed by atoms with E-state index in [-0.39, 0.29) is 24.9 Å². The predicted octanol–water partition coefficient (Wildman–Crippen LogP) is 1.69. The first-order chi connectivity index (χ1) is 9.55. The van der Waals surface area contributed by atoms with E-state index < -0.39 is 0 Å². The second-order valence-electron chi connectivity index (χ2n) is 4.31. The average Bonchev–Trinajstić information content (AvgIpc) is 2.41. The number of hydrogen-bond acceptors (Lipinski definition) is 3. The molecule has 2 N–H and O–H groups in total. The lowest BCUT2D eigenvalue weighted by molar-refractivity contribution is -0.123. The number of likely N-dealkylation sites (N-methyl/N-ethyl adjacent to an activating group) is 2. The summed E-state index contributed by atoms with van der Waals surface area (Å²) in [5.74, 6) is -0.172. The predicted molar refractivity (Wildman–Crippen MR) is 88.6 cm³/mol. The van der Waals surface area contributed by atoms with Gasteiger partial charge in [-0.1, -0.05) is 6.92 Å². The second-order valence-corrected chi connectivity index (χ2v) is 5.56. The van der Waals surface area contributed by atoms with Gasteiger partial charge in [0.1, 0.15) is 0 Å². The van der Waals surface area contributed by atoms with Crippen LogP contribution >= 0.6 is 22.6 Å². The van der Waals surface area contributed by atoms with E-state index in [1.165, 1.54) is 0 Å². The van der Waals surface area contributed by atoms with Gasteiger partial charge in [-0.15, -0.1) is 0 Å². The van der Waals surface area contributed by atoms with Gasteiger partial charge in [0.25, 0.3) is 0 Å². The Balaban J connectivity index is 2.46. The summed E-state index contributed by atoms with van der Waals surface area (Å²) < 4.78 is 1.12. The maximum atomic E-state index is 11.9. The molecule has 0 aromatic heterocycles. The molecule has 0 aliphatic heterocycles. The first-order valence-corrected chi connectivity index (χ1v) is 7.67. The normalized spacial score (nSPS) is 10.4. The van der Waals surface area contributed by atoms with Gasteiger partial charge in [-0.3, -0.25) is 14.5 Å². The third-order valence-electron chi connectivity index (χ3n) is 2.68. The van der Waals surface area contributed by atoms with Crippen LogP contribution in [0.25, 0.3) is 0 Å². The van der Waals surface area contributed by atoms with Crippen LogP contribution in [0.5, 0.6) is 0 Å². The second kappa shape index (κ2) is 8.91. The first-order valence-electron chi connectivity index (χ1n) is 6.59. The summed E-state index contributed by atoms with van der Waals surface area (Å²) in [5.41, 5.74) is 0.768. The van der Waals surface area contributed by atoms with E-state index in [1.54, 1.807) is 4.90 Å². The van der Waals surface area contributed by atoms with Crippen molar-refractivity contribution in [3.05, 3.63) is 27.8 Å². The summed E-state index contributed by atoms with van der Waals surface area (Å²) in [6, 6.07) is 7.59. The van der Waals surface area contributed by atoms with E-state index >= 15 is 0 Å². The minimum Gasteiger partial charge on any atom is -0.355 e. The van der Waals surface area contributed by atoms with E-state index in [9.17, 15) is 9.59 Å². The van der Waals surface area contributed by atoms with Crippen LogP contribution in [0.3, 0.4) is 0 Å². The summed E-state index contributed by atoms with van der Waals surface area (Å²) >= 11 is 2.21. The van der Waals surface area contributed by atoms with Crippen molar-refractivity contribution in [2.75, 3.05) is 31.5 Å². The highest BCUT2D eigenvalue weighted by atomic mass is 127. The lowest BCUT2D eigenvalue weighted by atomic mass is 10.3. The molecule has 0 atom stereocenters. The zero-order valence-electron chi connectivity index (χ0n) is 11.8. The van der Waals surface area contributed by atoms with Crippen molar-refractivity contribution in [3.8, 4) is 0 Å². The van der Waals surface area contributed by atoms with Crippen molar-refractivity contribution >= 4 is 40.1 Å². The minimum absolute atomic E-state index is 0.0589. The molecule has 0 aliphatic carbocycles. The number of nitrogens with zero attached hydrogens (tertiary/aromatic N) is 1. The van der Waals surface area contributed by atoms with Crippen LogP contribution in [0.15, 0.2) is 24.3 Å². The van der Waals surface area contributed by atoms with Gasteiger partial charge >= 0.3 is 0 Å². The Hall–Kier alpha value is -1.15. The summed E-state index contributed by atoms with van der Waals surface area (Å²) in [7, 11) is 0. The van der Waals surface area contributed by atoms with E-state index in [4.69, 9.17) is 0 Å². The van der Waals surface area contributed by atoms with Crippen molar-refractivity contribution in [3.63, 3.8) is 0 Å². The molecule has 0 saturated heterocycles. The molecule has 6 heteroatoms. The number of benzene rings is 1. The molecule has 0 aliphatic rings. The molecule has 0 unspecified atom stereocenters. The minimum atomic E-state index is -0.114. The highest BCUT2D eigenvalue weighted by molar-refractivity contribution is 14.1. The van der Waals surface area contributed by atoms with Gasteiger partial charge in [0.15, 0.2) is 0 Å². The van der Waals surface area contributed by atoms with Crippen molar-refractivity contribution in [1.29, 1.82) is 0 Å². The average molecular weight is 389 g/mol. The number of hydrogen-bond donors (Lipinski definition) is 2. The molecule has 5 nitrogen and oxygen atoms in total. The smallest absolute Gasteiger partial charge is 0.238 e. The number of nitrogens with one attached hydrogen (secondary N) is 2. The van der Waals surface area contributed by atoms with Crippen LogP contribution < -0.4 is 10.6 Å². The fourth-order valence-electron chi connectivity index (χ4n) is 1.67. The summed E-state index contributed by atoms with van der Waals surface area (Å²) in [6.07, 6.45) is 0. The molecule has 1 rings (SSSR count). The molecule has 0 heterocycles. The van der Waals surface area contributed by atoms with Gasteiger partial charge in [-0.2, -0.15) is 0 Å². The molecule has 20 heavy (non-hydrogen) atoms. The van der Waals surface area contributed by atoms with Crippen LogP contribution in [-0.2, 0) is 9.59 Å². The summed E-state index contributed by atoms with van der Waals surface area (Å²) in [6.45, 7) is 5.50. The Kier molecular flexibility index (Phi) is 7.53. The van der Waals surface area contributed by atoms with Crippen LogP contribution in [0.1, 0.15) is 13.8 Å². The molecule has 0 spiro atoms. The van der Waals surface area contributed by atoms with Gasteiger partial charge < -0.3 is 10.6 Å². The van der Waals surface area contributed by atoms with E-state index in [2.05, 4.69) is 33.2 Å². The Labute approximate surface area is 133 Å². The van der Waals surface area contributed by atoms with Crippen molar-refractivity contribution < 1.29 is 9.59 Å². The third kappa shape index (κ3) is 6.33. The molecular weight excluding hydrogens is 369 g/mol. The maximum Gasteiger partial charge on any atom is 0.238 e. The monoisotopic (exact) mass is 389 g/mol. The topological polar surface area (TPSA) is 61.4 Å². The van der Waals surface area contributed by atoms with Crippen LogP contribution in [-0.4, -0.2) is 42.9 Å². The van der Waals surface area contributed by atoms with Crippen molar-refractivity contribution in [2.24, 2.45) is 0 Å². The Bertz CT molecular complexity index is 448. The van der Waals surface area contributed by atoms with Crippen LogP contribution in [0.2, 0.25) is 0 Å². The Morgan fingerprint density at radius 2 is 1.70 bits per heavy atom. The maximum absolute atomic E-state index is 11.9. The van der Waals surface area contributed by atoms with Gasteiger partial charge in [0.2, 0.25) is 11.8 Å². The van der Waals surface area contributed by atoms with E-state index in [1.807, 2.05) is 38.1 Å². The molecule has 0 saturated carbocycles. The highest BCUT2D eigenvalue weighted by Gasteiger charge is 2.12. The first kappa shape index (κ1) is 16.9. The molecule has 110 valence electrons. The van der Waals surface area contributed by atoms with E-state index in [0.29, 0.717) is 13.1 Å². The number of carbonyl (C=O) groups excluding carboxylic acids is 2. The molecule has 2 amide bonds.